The van der Waals surface area contributed by atoms with Crippen molar-refractivity contribution in [3.8, 4) is 0 Å². The lowest BCUT2D eigenvalue weighted by Crippen LogP contribution is -2.48. The Balaban J connectivity index is 1.74. The predicted molar refractivity (Wildman–Crippen MR) is 130 cm³/mol. The molecule has 0 aliphatic carbocycles. The lowest BCUT2D eigenvalue weighted by Gasteiger charge is -2.26. The molecule has 178 valence electrons. The Morgan fingerprint density at radius 1 is 0.939 bits per heavy atom. The van der Waals surface area contributed by atoms with Crippen LogP contribution in [-0.2, 0) is 14.8 Å². The average Bonchev–Trinajstić information content (AvgIpc) is 2.79. The summed E-state index contributed by atoms with van der Waals surface area (Å²) in [5.74, 6) is -0.601. The molecular weight excluding hydrogens is 440 g/mol. The number of benzene rings is 2. The number of carbonyl (C=O) groups is 2. The van der Waals surface area contributed by atoms with Crippen molar-refractivity contribution in [1.82, 2.24) is 9.62 Å². The van der Waals surface area contributed by atoms with Gasteiger partial charge in [-0.3, -0.25) is 4.79 Å². The number of urea groups is 1. The van der Waals surface area contributed by atoms with Crippen molar-refractivity contribution in [2.45, 2.75) is 51.0 Å². The van der Waals surface area contributed by atoms with Crippen LogP contribution in [0.15, 0.2) is 53.4 Å². The lowest BCUT2D eigenvalue weighted by molar-refractivity contribution is -0.118. The van der Waals surface area contributed by atoms with Gasteiger partial charge in [-0.15, -0.1) is 0 Å². The zero-order valence-corrected chi connectivity index (χ0v) is 20.1. The number of aryl methyl sites for hydroxylation is 1. The number of amides is 3. The van der Waals surface area contributed by atoms with E-state index in [0.717, 1.165) is 24.8 Å². The van der Waals surface area contributed by atoms with Gasteiger partial charge < -0.3 is 16.0 Å². The number of nitrogens with one attached hydrogen (secondary N) is 3. The van der Waals surface area contributed by atoms with E-state index in [4.69, 9.17) is 0 Å². The van der Waals surface area contributed by atoms with Crippen LogP contribution in [0.2, 0.25) is 0 Å². The van der Waals surface area contributed by atoms with Gasteiger partial charge in [-0.2, -0.15) is 4.31 Å². The third-order valence-corrected chi connectivity index (χ3v) is 7.58. The van der Waals surface area contributed by atoms with Gasteiger partial charge in [-0.25, -0.2) is 13.2 Å². The van der Waals surface area contributed by atoms with Crippen LogP contribution in [-0.4, -0.2) is 43.8 Å². The zero-order valence-electron chi connectivity index (χ0n) is 19.3. The van der Waals surface area contributed by atoms with Gasteiger partial charge in [0.15, 0.2) is 0 Å². The molecule has 0 spiro atoms. The van der Waals surface area contributed by atoms with Gasteiger partial charge in [0.2, 0.25) is 15.9 Å². The number of hydrogen-bond acceptors (Lipinski definition) is 4. The third kappa shape index (κ3) is 6.33. The maximum atomic E-state index is 13.0. The molecule has 0 radical (unpaired) electrons. The standard InChI is InChI=1S/C24H32N4O4S/c1-17(2)22(27-24(30)25-19-10-6-4-7-11-19)23(29)26-21-16-20(13-12-18(21)3)33(31,32)28-14-8-5-9-15-28/h4,6-7,10-13,16-17,22H,5,8-9,14-15H2,1-3H3,(H,26,29)(H2,25,27,30)/t22-/m0/s1. The number of nitrogens with zero attached hydrogens (tertiary/aromatic N) is 1. The highest BCUT2D eigenvalue weighted by Gasteiger charge is 2.28. The van der Waals surface area contributed by atoms with E-state index < -0.39 is 28.0 Å². The van der Waals surface area contributed by atoms with Crippen LogP contribution in [0.4, 0.5) is 16.2 Å². The van der Waals surface area contributed by atoms with Crippen molar-refractivity contribution < 1.29 is 18.0 Å². The van der Waals surface area contributed by atoms with Crippen LogP contribution < -0.4 is 16.0 Å². The maximum Gasteiger partial charge on any atom is 0.319 e. The molecule has 0 aromatic heterocycles. The summed E-state index contributed by atoms with van der Waals surface area (Å²) in [5.41, 5.74) is 1.76. The van der Waals surface area contributed by atoms with Crippen molar-refractivity contribution in [1.29, 1.82) is 0 Å². The Labute approximate surface area is 195 Å². The largest absolute Gasteiger partial charge is 0.326 e. The average molecular weight is 473 g/mol. The molecule has 3 amide bonds. The summed E-state index contributed by atoms with van der Waals surface area (Å²) >= 11 is 0. The van der Waals surface area contributed by atoms with E-state index in [1.165, 1.54) is 10.4 Å². The lowest BCUT2D eigenvalue weighted by atomic mass is 10.0. The fraction of sp³-hybridized carbons (Fsp3) is 0.417. The van der Waals surface area contributed by atoms with E-state index in [0.29, 0.717) is 24.5 Å². The second-order valence-electron chi connectivity index (χ2n) is 8.62. The molecule has 1 fully saturated rings. The molecule has 1 atom stereocenters. The first-order chi connectivity index (χ1) is 15.7. The topological polar surface area (TPSA) is 108 Å². The highest BCUT2D eigenvalue weighted by atomic mass is 32.2. The normalized spacial score (nSPS) is 15.6. The fourth-order valence-electron chi connectivity index (χ4n) is 3.73. The van der Waals surface area contributed by atoms with Gasteiger partial charge in [-0.05, 0) is 55.5 Å². The highest BCUT2D eigenvalue weighted by molar-refractivity contribution is 7.89. The smallest absolute Gasteiger partial charge is 0.319 e. The first-order valence-electron chi connectivity index (χ1n) is 11.2. The summed E-state index contributed by atoms with van der Waals surface area (Å²) in [6.45, 7) is 6.47. The predicted octanol–water partition coefficient (Wildman–Crippen LogP) is 3.95. The minimum Gasteiger partial charge on any atom is -0.326 e. The molecule has 1 aliphatic rings. The van der Waals surface area contributed by atoms with E-state index in [2.05, 4.69) is 16.0 Å². The van der Waals surface area contributed by atoms with E-state index in [1.807, 2.05) is 19.9 Å². The fourth-order valence-corrected chi connectivity index (χ4v) is 5.27. The summed E-state index contributed by atoms with van der Waals surface area (Å²) in [4.78, 5) is 25.6. The molecule has 9 heteroatoms. The molecule has 8 nitrogen and oxygen atoms in total. The maximum absolute atomic E-state index is 13.0. The molecule has 3 N–H and O–H groups in total. The summed E-state index contributed by atoms with van der Waals surface area (Å²) in [5, 5.41) is 8.23. The van der Waals surface area contributed by atoms with Crippen molar-refractivity contribution in [3.05, 3.63) is 54.1 Å². The molecule has 3 rings (SSSR count). The summed E-state index contributed by atoms with van der Waals surface area (Å²) < 4.78 is 27.6. The van der Waals surface area contributed by atoms with Crippen LogP contribution >= 0.6 is 0 Å². The number of carbonyl (C=O) groups excluding carboxylic acids is 2. The Kier molecular flexibility index (Phi) is 8.10. The number of anilines is 2. The Bertz CT molecular complexity index is 1080. The van der Waals surface area contributed by atoms with Crippen LogP contribution in [0.3, 0.4) is 0 Å². The van der Waals surface area contributed by atoms with Crippen LogP contribution in [0, 0.1) is 12.8 Å². The summed E-state index contributed by atoms with van der Waals surface area (Å²) in [6, 6.07) is 12.4. The number of piperidine rings is 1. The Morgan fingerprint density at radius 2 is 1.61 bits per heavy atom. The van der Waals surface area contributed by atoms with Gasteiger partial charge in [0, 0.05) is 24.5 Å². The molecule has 0 saturated carbocycles. The van der Waals surface area contributed by atoms with E-state index in [9.17, 15) is 18.0 Å². The molecule has 2 aromatic carbocycles. The minimum atomic E-state index is -3.62. The number of rotatable bonds is 7. The Morgan fingerprint density at radius 3 is 2.24 bits per heavy atom. The quantitative estimate of drug-likeness (QED) is 0.567. The van der Waals surface area contributed by atoms with Crippen molar-refractivity contribution in [3.63, 3.8) is 0 Å². The Hall–Kier alpha value is -2.91. The van der Waals surface area contributed by atoms with Gasteiger partial charge in [0.1, 0.15) is 6.04 Å². The molecule has 1 aliphatic heterocycles. The molecule has 1 heterocycles. The van der Waals surface area contributed by atoms with E-state index in [1.54, 1.807) is 43.3 Å². The number of sulfonamides is 1. The zero-order chi connectivity index (χ0) is 24.0. The first-order valence-corrected chi connectivity index (χ1v) is 12.7. The highest BCUT2D eigenvalue weighted by Crippen LogP contribution is 2.25. The molecule has 33 heavy (non-hydrogen) atoms. The molecule has 0 unspecified atom stereocenters. The van der Waals surface area contributed by atoms with Gasteiger partial charge >= 0.3 is 6.03 Å². The van der Waals surface area contributed by atoms with Gasteiger partial charge in [0.25, 0.3) is 0 Å². The number of para-hydroxylation sites is 1. The summed E-state index contributed by atoms with van der Waals surface area (Å²) in [7, 11) is -3.62. The van der Waals surface area contributed by atoms with Crippen LogP contribution in [0.1, 0.15) is 38.7 Å². The van der Waals surface area contributed by atoms with Crippen LogP contribution in [0.5, 0.6) is 0 Å². The molecule has 0 bridgehead atoms. The molecular formula is C24H32N4O4S. The summed E-state index contributed by atoms with van der Waals surface area (Å²) in [6.07, 6.45) is 2.73. The van der Waals surface area contributed by atoms with Gasteiger partial charge in [0.05, 0.1) is 4.90 Å². The molecule has 1 saturated heterocycles. The van der Waals surface area contributed by atoms with Gasteiger partial charge in [-0.1, -0.05) is 44.5 Å². The van der Waals surface area contributed by atoms with Crippen molar-refractivity contribution in [2.75, 3.05) is 23.7 Å². The number of hydrogen-bond donors (Lipinski definition) is 3. The van der Waals surface area contributed by atoms with E-state index in [-0.39, 0.29) is 10.8 Å². The monoisotopic (exact) mass is 472 g/mol. The van der Waals surface area contributed by atoms with E-state index >= 15 is 0 Å². The second kappa shape index (κ2) is 10.8. The third-order valence-electron chi connectivity index (χ3n) is 5.69. The van der Waals surface area contributed by atoms with Crippen molar-refractivity contribution in [2.24, 2.45) is 5.92 Å². The second-order valence-corrected chi connectivity index (χ2v) is 10.6. The van der Waals surface area contributed by atoms with Crippen LogP contribution in [0.25, 0.3) is 0 Å². The SMILES string of the molecule is Cc1ccc(S(=O)(=O)N2CCCCC2)cc1NC(=O)[C@@H](NC(=O)Nc1ccccc1)C(C)C. The molecule has 2 aromatic rings. The minimum absolute atomic E-state index is 0.154. The first kappa shape index (κ1) is 24.7. The van der Waals surface area contributed by atoms with Crippen molar-refractivity contribution >= 4 is 33.3 Å².